The number of ether oxygens (including phenoxy) is 3. The molecule has 4 atom stereocenters. The topological polar surface area (TPSA) is 113 Å². The van der Waals surface area contributed by atoms with Gasteiger partial charge in [-0.05, 0) is 12.1 Å². The fraction of sp³-hybridized carbons (Fsp3) is 0.444. The average molecular weight is 429 g/mol. The normalized spacial score (nSPS) is 23.8. The fourth-order valence-corrected chi connectivity index (χ4v) is 3.14. The maximum Gasteiger partial charge on any atom is 0.303 e. The third-order valence-corrected chi connectivity index (χ3v) is 4.40. The summed E-state index contributed by atoms with van der Waals surface area (Å²) < 4.78 is 57.0. The third kappa shape index (κ3) is 4.76. The van der Waals surface area contributed by atoms with Crippen LogP contribution in [0.25, 0.3) is 11.3 Å². The molecule has 0 radical (unpaired) electrons. The Kier molecular flexibility index (Phi) is 6.37. The first kappa shape index (κ1) is 21.7. The molecule has 1 N–H and O–H groups in total. The van der Waals surface area contributed by atoms with Gasteiger partial charge in [-0.25, -0.2) is 17.9 Å². The molecule has 1 aliphatic heterocycles. The SMILES string of the molecule is CC(=O)OC[C@H]1OC(O)C[C@@H](n2cc(-c3cc(F)c(F)c(F)c3)nn2)[C@@H]1OC(C)=O. The summed E-state index contributed by atoms with van der Waals surface area (Å²) >= 11 is 0. The van der Waals surface area contributed by atoms with Crippen LogP contribution in [0.3, 0.4) is 0 Å². The second kappa shape index (κ2) is 8.79. The van der Waals surface area contributed by atoms with Crippen molar-refractivity contribution in [3.05, 3.63) is 35.8 Å². The predicted molar refractivity (Wildman–Crippen MR) is 92.1 cm³/mol. The lowest BCUT2D eigenvalue weighted by atomic mass is 9.98. The van der Waals surface area contributed by atoms with Crippen molar-refractivity contribution in [1.29, 1.82) is 0 Å². The van der Waals surface area contributed by atoms with E-state index in [1.54, 1.807) is 0 Å². The van der Waals surface area contributed by atoms with Gasteiger partial charge >= 0.3 is 11.9 Å². The first-order valence-electron chi connectivity index (χ1n) is 8.86. The largest absolute Gasteiger partial charge is 0.463 e. The summed E-state index contributed by atoms with van der Waals surface area (Å²) in [5.74, 6) is -5.64. The molecule has 0 bridgehead atoms. The lowest BCUT2D eigenvalue weighted by Crippen LogP contribution is -2.50. The lowest BCUT2D eigenvalue weighted by molar-refractivity contribution is -0.235. The molecule has 0 aliphatic carbocycles. The first-order chi connectivity index (χ1) is 14.2. The number of nitrogens with zero attached hydrogens (tertiary/aromatic N) is 3. The van der Waals surface area contributed by atoms with Gasteiger partial charge in [-0.3, -0.25) is 9.59 Å². The van der Waals surface area contributed by atoms with Gasteiger partial charge < -0.3 is 19.3 Å². The second-order valence-corrected chi connectivity index (χ2v) is 6.65. The highest BCUT2D eigenvalue weighted by atomic mass is 19.2. The Morgan fingerprint density at radius 2 is 1.90 bits per heavy atom. The van der Waals surface area contributed by atoms with E-state index >= 15 is 0 Å². The van der Waals surface area contributed by atoms with Gasteiger partial charge in [0.2, 0.25) is 0 Å². The van der Waals surface area contributed by atoms with Crippen LogP contribution in [0.4, 0.5) is 13.2 Å². The van der Waals surface area contributed by atoms with E-state index in [-0.39, 0.29) is 24.3 Å². The Hall–Kier alpha value is -2.99. The molecular formula is C18H18F3N3O6. The molecular weight excluding hydrogens is 411 g/mol. The highest BCUT2D eigenvalue weighted by Crippen LogP contribution is 2.32. The summed E-state index contributed by atoms with van der Waals surface area (Å²) in [5, 5.41) is 17.8. The number of aliphatic hydroxyl groups is 1. The van der Waals surface area contributed by atoms with Gasteiger partial charge in [-0.15, -0.1) is 5.10 Å². The van der Waals surface area contributed by atoms with Gasteiger partial charge in [0.05, 0.1) is 12.2 Å². The van der Waals surface area contributed by atoms with E-state index in [1.807, 2.05) is 0 Å². The van der Waals surface area contributed by atoms with Gasteiger partial charge in [0, 0.05) is 25.8 Å². The summed E-state index contributed by atoms with van der Waals surface area (Å²) in [4.78, 5) is 22.7. The monoisotopic (exact) mass is 429 g/mol. The van der Waals surface area contributed by atoms with E-state index in [2.05, 4.69) is 10.3 Å². The lowest BCUT2D eigenvalue weighted by Gasteiger charge is -2.38. The predicted octanol–water partition coefficient (Wildman–Crippen LogP) is 1.51. The number of hydrogen-bond acceptors (Lipinski definition) is 8. The Morgan fingerprint density at radius 3 is 2.50 bits per heavy atom. The molecule has 30 heavy (non-hydrogen) atoms. The van der Waals surface area contributed by atoms with Gasteiger partial charge in [-0.1, -0.05) is 5.21 Å². The molecule has 1 fully saturated rings. The van der Waals surface area contributed by atoms with E-state index in [9.17, 15) is 27.9 Å². The van der Waals surface area contributed by atoms with Crippen LogP contribution in [-0.2, 0) is 23.8 Å². The molecule has 12 heteroatoms. The van der Waals surface area contributed by atoms with Gasteiger partial charge in [0.1, 0.15) is 18.4 Å². The number of carbonyl (C=O) groups excluding carboxylic acids is 2. The third-order valence-electron chi connectivity index (χ3n) is 4.40. The Labute approximate surface area is 168 Å². The summed E-state index contributed by atoms with van der Waals surface area (Å²) in [6.07, 6.45) is -2.07. The molecule has 3 rings (SSSR count). The Bertz CT molecular complexity index is 930. The van der Waals surface area contributed by atoms with Crippen molar-refractivity contribution in [2.75, 3.05) is 6.61 Å². The van der Waals surface area contributed by atoms with Crippen LogP contribution in [0.2, 0.25) is 0 Å². The van der Waals surface area contributed by atoms with Crippen molar-refractivity contribution >= 4 is 11.9 Å². The van der Waals surface area contributed by atoms with Crippen LogP contribution >= 0.6 is 0 Å². The molecule has 1 aromatic heterocycles. The van der Waals surface area contributed by atoms with Crippen molar-refractivity contribution < 1.29 is 42.1 Å². The quantitative estimate of drug-likeness (QED) is 0.562. The zero-order valence-corrected chi connectivity index (χ0v) is 15.9. The van der Waals surface area contributed by atoms with Gasteiger partial charge in [0.25, 0.3) is 0 Å². The molecule has 1 aromatic carbocycles. The van der Waals surface area contributed by atoms with E-state index in [0.29, 0.717) is 0 Å². The summed E-state index contributed by atoms with van der Waals surface area (Å²) in [5.41, 5.74) is -0.0438. The minimum absolute atomic E-state index is 0.0203. The number of esters is 2. The number of hydrogen-bond donors (Lipinski definition) is 1. The maximum absolute atomic E-state index is 13.5. The van der Waals surface area contributed by atoms with Crippen LogP contribution in [0.15, 0.2) is 18.3 Å². The highest BCUT2D eigenvalue weighted by Gasteiger charge is 2.43. The first-order valence-corrected chi connectivity index (χ1v) is 8.86. The van der Waals surface area contributed by atoms with Crippen LogP contribution in [0.5, 0.6) is 0 Å². The minimum Gasteiger partial charge on any atom is -0.463 e. The summed E-state index contributed by atoms with van der Waals surface area (Å²) in [6, 6.07) is 0.728. The highest BCUT2D eigenvalue weighted by molar-refractivity contribution is 5.66. The number of aromatic nitrogens is 3. The van der Waals surface area contributed by atoms with E-state index in [0.717, 1.165) is 12.1 Å². The number of carbonyl (C=O) groups is 2. The van der Waals surface area contributed by atoms with Crippen LogP contribution < -0.4 is 0 Å². The number of halogens is 3. The molecule has 1 aliphatic rings. The smallest absolute Gasteiger partial charge is 0.303 e. The van der Waals surface area contributed by atoms with E-state index in [4.69, 9.17) is 14.2 Å². The zero-order chi connectivity index (χ0) is 22.0. The van der Waals surface area contributed by atoms with Gasteiger partial charge in [0.15, 0.2) is 29.8 Å². The standard InChI is InChI=1S/C18H18F3N3O6/c1-8(25)28-7-15-18(29-9(2)26)14(5-16(27)30-15)24-6-13(22-23-24)10-3-11(19)17(21)12(20)4-10/h3-4,6,14-16,18,27H,5,7H2,1-2H3/t14-,15-,16?,18+/m1/s1. The molecule has 1 saturated heterocycles. The van der Waals surface area contributed by atoms with Crippen molar-refractivity contribution in [2.45, 2.75) is 44.8 Å². The fourth-order valence-electron chi connectivity index (χ4n) is 3.14. The van der Waals surface area contributed by atoms with Crippen molar-refractivity contribution in [3.8, 4) is 11.3 Å². The Balaban J connectivity index is 1.91. The van der Waals surface area contributed by atoms with E-state index < -0.39 is 53.9 Å². The minimum atomic E-state index is -1.61. The van der Waals surface area contributed by atoms with Crippen LogP contribution in [0, 0.1) is 17.5 Å². The van der Waals surface area contributed by atoms with Crippen LogP contribution in [0.1, 0.15) is 26.3 Å². The number of benzene rings is 1. The summed E-state index contributed by atoms with van der Waals surface area (Å²) in [7, 11) is 0. The maximum atomic E-state index is 13.5. The molecule has 2 heterocycles. The van der Waals surface area contributed by atoms with Crippen molar-refractivity contribution in [2.24, 2.45) is 0 Å². The zero-order valence-electron chi connectivity index (χ0n) is 15.9. The molecule has 1 unspecified atom stereocenters. The molecule has 2 aromatic rings. The molecule has 0 saturated carbocycles. The average Bonchev–Trinajstić information content (AvgIpc) is 3.15. The molecule has 9 nitrogen and oxygen atoms in total. The molecule has 0 spiro atoms. The molecule has 0 amide bonds. The van der Waals surface area contributed by atoms with Gasteiger partial charge in [-0.2, -0.15) is 0 Å². The second-order valence-electron chi connectivity index (χ2n) is 6.65. The van der Waals surface area contributed by atoms with Crippen LogP contribution in [-0.4, -0.2) is 57.1 Å². The summed E-state index contributed by atoms with van der Waals surface area (Å²) in [6.45, 7) is 2.06. The van der Waals surface area contributed by atoms with E-state index in [1.165, 1.54) is 24.7 Å². The molecule has 162 valence electrons. The Morgan fingerprint density at radius 1 is 1.23 bits per heavy atom. The van der Waals surface area contributed by atoms with Crippen molar-refractivity contribution in [3.63, 3.8) is 0 Å². The number of rotatable bonds is 5. The van der Waals surface area contributed by atoms with Crippen molar-refractivity contribution in [1.82, 2.24) is 15.0 Å². The number of aliphatic hydroxyl groups excluding tert-OH is 1.